The smallest absolute Gasteiger partial charge is 0.427 e. The summed E-state index contributed by atoms with van der Waals surface area (Å²) in [5.41, 5.74) is 2.88. The Bertz CT molecular complexity index is 619. The molecule has 0 aliphatic heterocycles. The van der Waals surface area contributed by atoms with Crippen LogP contribution in [0.2, 0.25) is 0 Å². The van der Waals surface area contributed by atoms with E-state index >= 15 is 0 Å². The van der Waals surface area contributed by atoms with Gasteiger partial charge in [0, 0.05) is 14.1 Å². The van der Waals surface area contributed by atoms with Gasteiger partial charge in [0.2, 0.25) is 0 Å². The molecule has 8 nitrogen and oxygen atoms in total. The van der Waals surface area contributed by atoms with Gasteiger partial charge in [0.1, 0.15) is 0 Å². The van der Waals surface area contributed by atoms with Gasteiger partial charge < -0.3 is 19.1 Å². The first kappa shape index (κ1) is 19.8. The fraction of sp³-hybridized carbons (Fsp3) is 0.400. The molecule has 0 heterocycles. The van der Waals surface area contributed by atoms with Gasteiger partial charge in [-0.3, -0.25) is 4.79 Å². The summed E-state index contributed by atoms with van der Waals surface area (Å²) in [5.74, 6) is 0.657. The number of halogens is 1. The summed E-state index contributed by atoms with van der Waals surface area (Å²) in [6, 6.07) is 3.38. The number of amides is 2. The number of rotatable bonds is 7. The molecule has 0 bridgehead atoms. The van der Waals surface area contributed by atoms with Crippen molar-refractivity contribution in [2.24, 2.45) is 5.10 Å². The monoisotopic (exact) mass is 401 g/mol. The van der Waals surface area contributed by atoms with Gasteiger partial charge in [-0.05, 0) is 40.5 Å². The fourth-order valence-electron chi connectivity index (χ4n) is 1.54. The number of hydrogen-bond acceptors (Lipinski definition) is 6. The molecule has 9 heteroatoms. The lowest BCUT2D eigenvalue weighted by Crippen LogP contribution is -2.27. The van der Waals surface area contributed by atoms with Gasteiger partial charge in [-0.2, -0.15) is 5.10 Å². The van der Waals surface area contributed by atoms with Crippen LogP contribution in [0, 0.1) is 0 Å². The summed E-state index contributed by atoms with van der Waals surface area (Å²) < 4.78 is 16.1. The van der Waals surface area contributed by atoms with E-state index in [0.29, 0.717) is 21.5 Å². The first-order valence-electron chi connectivity index (χ1n) is 7.05. The van der Waals surface area contributed by atoms with Gasteiger partial charge in [-0.25, -0.2) is 10.2 Å². The highest BCUT2D eigenvalue weighted by Crippen LogP contribution is 2.36. The third kappa shape index (κ3) is 6.07. The molecule has 0 saturated carbocycles. The van der Waals surface area contributed by atoms with E-state index in [2.05, 4.69) is 31.2 Å². The molecule has 1 N–H and O–H groups in total. The summed E-state index contributed by atoms with van der Waals surface area (Å²) in [7, 11) is 4.78. The zero-order chi connectivity index (χ0) is 18.1. The van der Waals surface area contributed by atoms with Gasteiger partial charge >= 0.3 is 6.09 Å². The molecule has 2 amide bonds. The van der Waals surface area contributed by atoms with Crippen molar-refractivity contribution in [2.45, 2.75) is 6.92 Å². The van der Waals surface area contributed by atoms with E-state index < -0.39 is 6.09 Å². The van der Waals surface area contributed by atoms with Gasteiger partial charge in [-0.15, -0.1) is 0 Å². The Morgan fingerprint density at radius 3 is 2.67 bits per heavy atom. The van der Waals surface area contributed by atoms with Crippen LogP contribution < -0.4 is 14.9 Å². The number of methoxy groups -OCH3 is 1. The molecule has 132 valence electrons. The predicted octanol–water partition coefficient (Wildman–Crippen LogP) is 2.00. The van der Waals surface area contributed by atoms with Gasteiger partial charge in [0.05, 0.1) is 24.4 Å². The molecule has 0 saturated heterocycles. The van der Waals surface area contributed by atoms with Crippen molar-refractivity contribution in [1.82, 2.24) is 10.3 Å². The molecular weight excluding hydrogens is 382 g/mol. The maximum atomic E-state index is 11.6. The van der Waals surface area contributed by atoms with Gasteiger partial charge in [0.15, 0.2) is 18.1 Å². The summed E-state index contributed by atoms with van der Waals surface area (Å²) in [4.78, 5) is 24.2. The number of hydrazone groups is 1. The van der Waals surface area contributed by atoms with E-state index in [1.807, 2.05) is 0 Å². The Balaban J connectivity index is 2.85. The number of nitrogens with one attached hydrogen (secondary N) is 1. The lowest BCUT2D eigenvalue weighted by atomic mass is 10.2. The zero-order valence-corrected chi connectivity index (χ0v) is 15.5. The number of ether oxygens (including phenoxy) is 3. The van der Waals surface area contributed by atoms with Crippen LogP contribution in [-0.2, 0) is 9.53 Å². The molecule has 0 aliphatic rings. The molecule has 0 atom stereocenters. The summed E-state index contributed by atoms with van der Waals surface area (Å²) in [5, 5.41) is 3.78. The summed E-state index contributed by atoms with van der Waals surface area (Å²) in [6.45, 7) is 1.85. The number of carbonyl (C=O) groups is 2. The second kappa shape index (κ2) is 9.76. The molecule has 0 aliphatic carbocycles. The Labute approximate surface area is 148 Å². The highest BCUT2D eigenvalue weighted by molar-refractivity contribution is 9.10. The van der Waals surface area contributed by atoms with Crippen molar-refractivity contribution in [1.29, 1.82) is 0 Å². The van der Waals surface area contributed by atoms with Crippen LogP contribution in [-0.4, -0.2) is 57.5 Å². The van der Waals surface area contributed by atoms with Crippen LogP contribution in [0.5, 0.6) is 11.5 Å². The third-order valence-corrected chi connectivity index (χ3v) is 3.32. The molecular formula is C15H20BrN3O5. The summed E-state index contributed by atoms with van der Waals surface area (Å²) >= 11 is 3.37. The first-order chi connectivity index (χ1) is 11.4. The minimum Gasteiger partial charge on any atom is -0.493 e. The first-order valence-corrected chi connectivity index (χ1v) is 7.84. The maximum Gasteiger partial charge on any atom is 0.427 e. The molecule has 1 rings (SSSR count). The highest BCUT2D eigenvalue weighted by Gasteiger charge is 2.14. The quantitative estimate of drug-likeness (QED) is 0.557. The van der Waals surface area contributed by atoms with Crippen LogP contribution in [0.1, 0.15) is 12.5 Å². The van der Waals surface area contributed by atoms with E-state index in [0.717, 1.165) is 0 Å². The molecule has 0 fully saturated rings. The Kier molecular flexibility index (Phi) is 8.03. The van der Waals surface area contributed by atoms with Gasteiger partial charge in [0.25, 0.3) is 5.91 Å². The molecule has 1 aromatic rings. The van der Waals surface area contributed by atoms with Crippen LogP contribution in [0.3, 0.4) is 0 Å². The van der Waals surface area contributed by atoms with E-state index in [1.54, 1.807) is 33.2 Å². The number of nitrogens with zero attached hydrogens (tertiary/aromatic N) is 2. The van der Waals surface area contributed by atoms with Crippen LogP contribution in [0.4, 0.5) is 4.79 Å². The molecule has 24 heavy (non-hydrogen) atoms. The Morgan fingerprint density at radius 2 is 2.08 bits per heavy atom. The fourth-order valence-corrected chi connectivity index (χ4v) is 2.11. The second-order valence-electron chi connectivity index (χ2n) is 4.70. The second-order valence-corrected chi connectivity index (χ2v) is 5.56. The van der Waals surface area contributed by atoms with E-state index in [4.69, 9.17) is 9.47 Å². The van der Waals surface area contributed by atoms with E-state index in [1.165, 1.54) is 18.2 Å². The molecule has 0 radical (unpaired) electrons. The molecule has 0 unspecified atom stereocenters. The standard InChI is InChI=1S/C15H20BrN3O5/c1-5-23-15(21)18-17-8-10-6-11(16)14(12(7-10)22-4)24-9-13(20)19(2)3/h6-8H,5,9H2,1-4H3,(H,18,21)/b17-8-. The Hall–Kier alpha value is -2.29. The van der Waals surface area contributed by atoms with Crippen LogP contribution in [0.25, 0.3) is 0 Å². The van der Waals surface area contributed by atoms with E-state index in [-0.39, 0.29) is 19.1 Å². The third-order valence-electron chi connectivity index (χ3n) is 2.74. The lowest BCUT2D eigenvalue weighted by molar-refractivity contribution is -0.130. The van der Waals surface area contributed by atoms with Crippen molar-refractivity contribution < 1.29 is 23.8 Å². The zero-order valence-electron chi connectivity index (χ0n) is 14.0. The molecule has 1 aromatic carbocycles. The normalized spacial score (nSPS) is 10.4. The lowest BCUT2D eigenvalue weighted by Gasteiger charge is -2.15. The highest BCUT2D eigenvalue weighted by atomic mass is 79.9. The van der Waals surface area contributed by atoms with Gasteiger partial charge in [-0.1, -0.05) is 0 Å². The van der Waals surface area contributed by atoms with Crippen LogP contribution in [0.15, 0.2) is 21.7 Å². The average Bonchev–Trinajstić information content (AvgIpc) is 2.53. The van der Waals surface area contributed by atoms with Crippen molar-refractivity contribution in [2.75, 3.05) is 34.4 Å². The minimum atomic E-state index is -0.637. The van der Waals surface area contributed by atoms with E-state index in [9.17, 15) is 9.59 Å². The van der Waals surface area contributed by atoms with Crippen molar-refractivity contribution >= 4 is 34.1 Å². The largest absolute Gasteiger partial charge is 0.493 e. The topological polar surface area (TPSA) is 89.5 Å². The SMILES string of the molecule is CCOC(=O)N/N=C\c1cc(Br)c(OCC(=O)N(C)C)c(OC)c1. The Morgan fingerprint density at radius 1 is 1.38 bits per heavy atom. The minimum absolute atomic E-state index is 0.111. The average molecular weight is 402 g/mol. The maximum absolute atomic E-state index is 11.6. The summed E-state index contributed by atoms with van der Waals surface area (Å²) in [6.07, 6.45) is 0.792. The van der Waals surface area contributed by atoms with Crippen molar-refractivity contribution in [3.8, 4) is 11.5 Å². The predicted molar refractivity (Wildman–Crippen MR) is 92.6 cm³/mol. The number of carbonyl (C=O) groups excluding carboxylic acids is 2. The molecule has 0 spiro atoms. The molecule has 0 aromatic heterocycles. The van der Waals surface area contributed by atoms with Crippen molar-refractivity contribution in [3.05, 3.63) is 22.2 Å². The number of hydrogen-bond donors (Lipinski definition) is 1. The van der Waals surface area contributed by atoms with Crippen molar-refractivity contribution in [3.63, 3.8) is 0 Å². The van der Waals surface area contributed by atoms with Crippen LogP contribution >= 0.6 is 15.9 Å². The number of benzene rings is 1. The number of likely N-dealkylation sites (N-methyl/N-ethyl adjacent to an activating group) is 1.